The summed E-state index contributed by atoms with van der Waals surface area (Å²) in [5.41, 5.74) is 0. The second kappa shape index (κ2) is 3.48. The molecule has 0 bridgehead atoms. The SMILES string of the molecule is CC1CN(Cc2sccc2Br)C1. The van der Waals surface area contributed by atoms with E-state index in [0.717, 1.165) is 12.5 Å². The molecule has 2 heterocycles. The van der Waals surface area contributed by atoms with Crippen LogP contribution in [0.25, 0.3) is 0 Å². The maximum Gasteiger partial charge on any atom is 0.0339 e. The van der Waals surface area contributed by atoms with Crippen molar-refractivity contribution in [3.8, 4) is 0 Å². The van der Waals surface area contributed by atoms with E-state index in [4.69, 9.17) is 0 Å². The quantitative estimate of drug-likeness (QED) is 0.775. The zero-order valence-electron chi connectivity index (χ0n) is 7.09. The number of halogens is 1. The van der Waals surface area contributed by atoms with Gasteiger partial charge in [0.15, 0.2) is 0 Å². The molecule has 1 saturated heterocycles. The van der Waals surface area contributed by atoms with Crippen LogP contribution in [0.5, 0.6) is 0 Å². The first-order valence-electron chi connectivity index (χ1n) is 4.20. The molecule has 0 aromatic carbocycles. The normalized spacial score (nSPS) is 19.5. The van der Waals surface area contributed by atoms with Crippen LogP contribution in [0, 0.1) is 5.92 Å². The first-order valence-corrected chi connectivity index (χ1v) is 5.87. The molecule has 0 atom stereocenters. The maximum absolute atomic E-state index is 3.55. The molecule has 1 aromatic heterocycles. The summed E-state index contributed by atoms with van der Waals surface area (Å²) in [4.78, 5) is 3.95. The summed E-state index contributed by atoms with van der Waals surface area (Å²) in [5, 5.41) is 2.14. The Labute approximate surface area is 85.5 Å². The molecule has 0 N–H and O–H groups in total. The summed E-state index contributed by atoms with van der Waals surface area (Å²) in [7, 11) is 0. The van der Waals surface area contributed by atoms with Gasteiger partial charge in [-0.05, 0) is 33.3 Å². The van der Waals surface area contributed by atoms with Gasteiger partial charge in [0.05, 0.1) is 0 Å². The molecule has 3 heteroatoms. The zero-order valence-corrected chi connectivity index (χ0v) is 9.49. The van der Waals surface area contributed by atoms with Crippen molar-refractivity contribution in [1.82, 2.24) is 4.90 Å². The van der Waals surface area contributed by atoms with E-state index >= 15 is 0 Å². The van der Waals surface area contributed by atoms with Gasteiger partial charge in [-0.1, -0.05) is 6.92 Å². The van der Waals surface area contributed by atoms with E-state index in [1.807, 2.05) is 11.3 Å². The van der Waals surface area contributed by atoms with Crippen molar-refractivity contribution >= 4 is 27.3 Å². The van der Waals surface area contributed by atoms with Gasteiger partial charge in [-0.15, -0.1) is 11.3 Å². The summed E-state index contributed by atoms with van der Waals surface area (Å²) in [6, 6.07) is 2.13. The summed E-state index contributed by atoms with van der Waals surface area (Å²) >= 11 is 5.39. The predicted molar refractivity (Wildman–Crippen MR) is 56.5 cm³/mol. The molecule has 0 saturated carbocycles. The predicted octanol–water partition coefficient (Wildman–Crippen LogP) is 2.96. The molecule has 0 amide bonds. The number of hydrogen-bond acceptors (Lipinski definition) is 2. The lowest BCUT2D eigenvalue weighted by atomic mass is 10.0. The Bertz CT molecular complexity index is 265. The van der Waals surface area contributed by atoms with Crippen LogP contribution in [-0.4, -0.2) is 18.0 Å². The molecular weight excluding hydrogens is 234 g/mol. The van der Waals surface area contributed by atoms with E-state index in [0.29, 0.717) is 0 Å². The van der Waals surface area contributed by atoms with Gasteiger partial charge >= 0.3 is 0 Å². The third-order valence-corrected chi connectivity index (χ3v) is 4.11. The number of rotatable bonds is 2. The lowest BCUT2D eigenvalue weighted by Gasteiger charge is -2.36. The van der Waals surface area contributed by atoms with Gasteiger partial charge in [0.1, 0.15) is 0 Å². The Morgan fingerprint density at radius 2 is 2.42 bits per heavy atom. The standard InChI is InChI=1S/C9H12BrNS/c1-7-4-11(5-7)6-9-8(10)2-3-12-9/h2-3,7H,4-6H2,1H3. The minimum absolute atomic E-state index is 0.906. The van der Waals surface area contributed by atoms with E-state index in [2.05, 4.69) is 39.2 Å². The maximum atomic E-state index is 3.55. The Balaban J connectivity index is 1.92. The Morgan fingerprint density at radius 3 is 2.92 bits per heavy atom. The van der Waals surface area contributed by atoms with Crippen LogP contribution in [0.4, 0.5) is 0 Å². The minimum atomic E-state index is 0.906. The van der Waals surface area contributed by atoms with Crippen molar-refractivity contribution in [2.24, 2.45) is 5.92 Å². The molecule has 2 rings (SSSR count). The van der Waals surface area contributed by atoms with Crippen molar-refractivity contribution in [2.75, 3.05) is 13.1 Å². The fraction of sp³-hybridized carbons (Fsp3) is 0.556. The third kappa shape index (κ3) is 1.73. The van der Waals surface area contributed by atoms with Gasteiger partial charge in [-0.25, -0.2) is 0 Å². The first-order chi connectivity index (χ1) is 5.75. The Kier molecular flexibility index (Phi) is 2.53. The molecule has 1 nitrogen and oxygen atoms in total. The highest BCUT2D eigenvalue weighted by atomic mass is 79.9. The summed E-state index contributed by atoms with van der Waals surface area (Å²) in [5.74, 6) is 0.906. The van der Waals surface area contributed by atoms with Crippen LogP contribution in [0.15, 0.2) is 15.9 Å². The molecule has 1 fully saturated rings. The van der Waals surface area contributed by atoms with Crippen LogP contribution in [0.3, 0.4) is 0 Å². The molecule has 0 spiro atoms. The van der Waals surface area contributed by atoms with Gasteiger partial charge in [0.2, 0.25) is 0 Å². The van der Waals surface area contributed by atoms with E-state index in [1.54, 1.807) is 0 Å². The fourth-order valence-electron chi connectivity index (χ4n) is 1.60. The number of nitrogens with zero attached hydrogens (tertiary/aromatic N) is 1. The third-order valence-electron chi connectivity index (χ3n) is 2.20. The zero-order chi connectivity index (χ0) is 8.55. The molecule has 0 radical (unpaired) electrons. The minimum Gasteiger partial charge on any atom is -0.298 e. The van der Waals surface area contributed by atoms with E-state index in [-0.39, 0.29) is 0 Å². The van der Waals surface area contributed by atoms with E-state index in [1.165, 1.54) is 22.4 Å². The lowest BCUT2D eigenvalue weighted by Crippen LogP contribution is -2.44. The first kappa shape index (κ1) is 8.73. The molecule has 0 unspecified atom stereocenters. The molecule has 0 aliphatic carbocycles. The van der Waals surface area contributed by atoms with Gasteiger partial charge in [0, 0.05) is 29.0 Å². The van der Waals surface area contributed by atoms with Crippen LogP contribution in [0.2, 0.25) is 0 Å². The summed E-state index contributed by atoms with van der Waals surface area (Å²) in [6.07, 6.45) is 0. The van der Waals surface area contributed by atoms with E-state index < -0.39 is 0 Å². The van der Waals surface area contributed by atoms with E-state index in [9.17, 15) is 0 Å². The van der Waals surface area contributed by atoms with Gasteiger partial charge < -0.3 is 0 Å². The van der Waals surface area contributed by atoms with Crippen molar-refractivity contribution in [1.29, 1.82) is 0 Å². The smallest absolute Gasteiger partial charge is 0.0339 e. The molecule has 1 aromatic rings. The molecule has 1 aliphatic rings. The molecule has 1 aliphatic heterocycles. The van der Waals surface area contributed by atoms with Crippen molar-refractivity contribution in [3.05, 3.63) is 20.8 Å². The molecular formula is C9H12BrNS. The summed E-state index contributed by atoms with van der Waals surface area (Å²) in [6.45, 7) is 5.97. The largest absolute Gasteiger partial charge is 0.298 e. The van der Waals surface area contributed by atoms with Crippen LogP contribution < -0.4 is 0 Å². The van der Waals surface area contributed by atoms with Gasteiger partial charge in [0.25, 0.3) is 0 Å². The van der Waals surface area contributed by atoms with Gasteiger partial charge in [-0.2, -0.15) is 0 Å². The van der Waals surface area contributed by atoms with Crippen molar-refractivity contribution in [2.45, 2.75) is 13.5 Å². The average Bonchev–Trinajstić information content (AvgIpc) is 2.33. The highest BCUT2D eigenvalue weighted by Crippen LogP contribution is 2.26. The van der Waals surface area contributed by atoms with Crippen LogP contribution in [0.1, 0.15) is 11.8 Å². The van der Waals surface area contributed by atoms with Crippen LogP contribution >= 0.6 is 27.3 Å². The van der Waals surface area contributed by atoms with Gasteiger partial charge in [-0.3, -0.25) is 4.90 Å². The number of likely N-dealkylation sites (tertiary alicyclic amines) is 1. The Hall–Kier alpha value is 0.140. The van der Waals surface area contributed by atoms with Crippen molar-refractivity contribution in [3.63, 3.8) is 0 Å². The average molecular weight is 246 g/mol. The fourth-order valence-corrected chi connectivity index (χ4v) is 3.12. The topological polar surface area (TPSA) is 3.24 Å². The Morgan fingerprint density at radius 1 is 1.67 bits per heavy atom. The lowest BCUT2D eigenvalue weighted by molar-refractivity contribution is 0.106. The highest BCUT2D eigenvalue weighted by Gasteiger charge is 2.22. The summed E-state index contributed by atoms with van der Waals surface area (Å²) < 4.78 is 1.27. The number of thiophene rings is 1. The molecule has 66 valence electrons. The number of hydrogen-bond donors (Lipinski definition) is 0. The molecule has 12 heavy (non-hydrogen) atoms. The second-order valence-electron chi connectivity index (χ2n) is 3.49. The second-order valence-corrected chi connectivity index (χ2v) is 5.35. The highest BCUT2D eigenvalue weighted by molar-refractivity contribution is 9.10. The van der Waals surface area contributed by atoms with Crippen LogP contribution in [-0.2, 0) is 6.54 Å². The van der Waals surface area contributed by atoms with Crippen molar-refractivity contribution < 1.29 is 0 Å². The monoisotopic (exact) mass is 245 g/mol.